The third kappa shape index (κ3) is 4.75. The van der Waals surface area contributed by atoms with Gasteiger partial charge in [-0.1, -0.05) is 12.1 Å². The zero-order valence-electron chi connectivity index (χ0n) is 14.9. The summed E-state index contributed by atoms with van der Waals surface area (Å²) >= 11 is 0. The lowest BCUT2D eigenvalue weighted by atomic mass is 10.1. The quantitative estimate of drug-likeness (QED) is 0.788. The van der Waals surface area contributed by atoms with Gasteiger partial charge in [0, 0.05) is 12.1 Å². The number of anilines is 1. The van der Waals surface area contributed by atoms with Crippen LogP contribution in [0.4, 0.5) is 23.7 Å². The molecule has 2 N–H and O–H groups in total. The largest absolute Gasteiger partial charge is 0.493 e. The summed E-state index contributed by atoms with van der Waals surface area (Å²) in [5.74, 6) is 1.15. The Morgan fingerprint density at radius 3 is 2.22 bits per heavy atom. The van der Waals surface area contributed by atoms with Crippen LogP contribution >= 0.6 is 0 Å². The van der Waals surface area contributed by atoms with Crippen LogP contribution < -0.4 is 24.8 Å². The van der Waals surface area contributed by atoms with Crippen molar-refractivity contribution < 1.29 is 32.2 Å². The number of methoxy groups -OCH3 is 3. The van der Waals surface area contributed by atoms with Gasteiger partial charge in [-0.15, -0.1) is 0 Å². The molecule has 6 nitrogen and oxygen atoms in total. The van der Waals surface area contributed by atoms with Crippen LogP contribution in [0.5, 0.6) is 17.2 Å². The minimum absolute atomic E-state index is 0.00352. The number of hydrogen-bond donors (Lipinski definition) is 2. The summed E-state index contributed by atoms with van der Waals surface area (Å²) in [5.41, 5.74) is -0.694. The summed E-state index contributed by atoms with van der Waals surface area (Å²) in [6.07, 6.45) is -4.57. The van der Waals surface area contributed by atoms with Gasteiger partial charge >= 0.3 is 12.2 Å². The molecule has 0 aliphatic heterocycles. The molecule has 9 heteroatoms. The molecule has 0 aromatic heterocycles. The second-order valence-corrected chi connectivity index (χ2v) is 5.34. The highest BCUT2D eigenvalue weighted by molar-refractivity contribution is 5.90. The molecule has 0 aliphatic rings. The molecule has 0 atom stereocenters. The summed E-state index contributed by atoms with van der Waals surface area (Å²) < 4.78 is 54.7. The van der Waals surface area contributed by atoms with Crippen molar-refractivity contribution in [3.63, 3.8) is 0 Å². The van der Waals surface area contributed by atoms with Crippen molar-refractivity contribution in [3.8, 4) is 17.2 Å². The van der Waals surface area contributed by atoms with Crippen LogP contribution in [0, 0.1) is 0 Å². The molecule has 27 heavy (non-hydrogen) atoms. The first kappa shape index (κ1) is 20.2. The lowest BCUT2D eigenvalue weighted by Gasteiger charge is -2.17. The third-order valence-electron chi connectivity index (χ3n) is 3.71. The van der Waals surface area contributed by atoms with Gasteiger partial charge in [0.2, 0.25) is 5.75 Å². The van der Waals surface area contributed by atoms with E-state index < -0.39 is 17.8 Å². The van der Waals surface area contributed by atoms with E-state index in [1.165, 1.54) is 39.5 Å². The summed E-state index contributed by atoms with van der Waals surface area (Å²) in [6, 6.07) is 7.23. The number of benzene rings is 2. The van der Waals surface area contributed by atoms with E-state index in [-0.39, 0.29) is 12.2 Å². The van der Waals surface area contributed by atoms with Gasteiger partial charge in [0.25, 0.3) is 0 Å². The monoisotopic (exact) mass is 384 g/mol. The fraction of sp³-hybridized carbons (Fsp3) is 0.278. The van der Waals surface area contributed by atoms with Crippen LogP contribution in [-0.4, -0.2) is 27.4 Å². The van der Waals surface area contributed by atoms with Crippen molar-refractivity contribution in [1.82, 2.24) is 5.32 Å². The van der Waals surface area contributed by atoms with E-state index in [4.69, 9.17) is 14.2 Å². The maximum atomic E-state index is 13.0. The average molecular weight is 384 g/mol. The zero-order chi connectivity index (χ0) is 20.0. The number of para-hydroxylation sites is 1. The molecule has 0 saturated heterocycles. The number of urea groups is 1. The number of carbonyl (C=O) groups excluding carboxylic acids is 1. The van der Waals surface area contributed by atoms with E-state index in [0.717, 1.165) is 6.07 Å². The number of nitrogens with one attached hydrogen (secondary N) is 2. The molecule has 146 valence electrons. The Morgan fingerprint density at radius 1 is 0.963 bits per heavy atom. The van der Waals surface area contributed by atoms with E-state index in [2.05, 4.69) is 10.6 Å². The standard InChI is InChI=1S/C18H19F3N2O4/c1-25-14-9-8-11(15(26-2)16(14)27-3)10-22-17(24)23-13-7-5-4-6-12(13)18(19,20)21/h4-9H,10H2,1-3H3,(H2,22,23,24). The number of carbonyl (C=O) groups is 1. The zero-order valence-corrected chi connectivity index (χ0v) is 14.9. The normalized spacial score (nSPS) is 10.9. The van der Waals surface area contributed by atoms with Gasteiger partial charge in [0.05, 0.1) is 32.6 Å². The summed E-state index contributed by atoms with van der Waals surface area (Å²) in [5, 5.41) is 4.70. The molecule has 0 unspecified atom stereocenters. The minimum Gasteiger partial charge on any atom is -0.493 e. The van der Waals surface area contributed by atoms with Gasteiger partial charge in [-0.2, -0.15) is 13.2 Å². The number of alkyl halides is 3. The van der Waals surface area contributed by atoms with Gasteiger partial charge in [0.1, 0.15) is 0 Å². The van der Waals surface area contributed by atoms with Gasteiger partial charge in [-0.05, 0) is 24.3 Å². The highest BCUT2D eigenvalue weighted by Crippen LogP contribution is 2.39. The molecule has 2 amide bonds. The van der Waals surface area contributed by atoms with Crippen molar-refractivity contribution in [3.05, 3.63) is 47.5 Å². The summed E-state index contributed by atoms with van der Waals surface area (Å²) in [7, 11) is 4.35. The molecule has 0 spiro atoms. The third-order valence-corrected chi connectivity index (χ3v) is 3.71. The highest BCUT2D eigenvalue weighted by Gasteiger charge is 2.33. The second-order valence-electron chi connectivity index (χ2n) is 5.34. The number of ether oxygens (including phenoxy) is 3. The number of amides is 2. The van der Waals surface area contributed by atoms with E-state index in [0.29, 0.717) is 22.8 Å². The maximum absolute atomic E-state index is 13.0. The molecule has 0 heterocycles. The van der Waals surface area contributed by atoms with E-state index in [1.54, 1.807) is 12.1 Å². The molecule has 0 radical (unpaired) electrons. The molecular weight excluding hydrogens is 365 g/mol. The first-order valence-electron chi connectivity index (χ1n) is 7.80. The maximum Gasteiger partial charge on any atom is 0.418 e. The minimum atomic E-state index is -4.57. The Hall–Kier alpha value is -3.10. The van der Waals surface area contributed by atoms with E-state index in [9.17, 15) is 18.0 Å². The Kier molecular flexibility index (Phi) is 6.38. The predicted molar refractivity (Wildman–Crippen MR) is 93.4 cm³/mol. The molecule has 0 aliphatic carbocycles. The van der Waals surface area contributed by atoms with Crippen molar-refractivity contribution in [2.24, 2.45) is 0 Å². The Morgan fingerprint density at radius 2 is 1.63 bits per heavy atom. The molecule has 0 fully saturated rings. The Labute approximate surface area is 154 Å². The summed E-state index contributed by atoms with van der Waals surface area (Å²) in [4.78, 5) is 12.1. The fourth-order valence-electron chi connectivity index (χ4n) is 2.48. The molecule has 2 rings (SSSR count). The van der Waals surface area contributed by atoms with Gasteiger partial charge < -0.3 is 24.8 Å². The lowest BCUT2D eigenvalue weighted by Crippen LogP contribution is -2.29. The van der Waals surface area contributed by atoms with E-state index in [1.807, 2.05) is 0 Å². The van der Waals surface area contributed by atoms with Crippen LogP contribution in [0.1, 0.15) is 11.1 Å². The average Bonchev–Trinajstić information content (AvgIpc) is 2.64. The van der Waals surface area contributed by atoms with Crippen molar-refractivity contribution >= 4 is 11.7 Å². The smallest absolute Gasteiger partial charge is 0.418 e. The molecule has 0 saturated carbocycles. The predicted octanol–water partition coefficient (Wildman–Crippen LogP) is 4.05. The lowest BCUT2D eigenvalue weighted by molar-refractivity contribution is -0.136. The molecule has 2 aromatic rings. The molecule has 0 bridgehead atoms. The first-order valence-corrected chi connectivity index (χ1v) is 7.80. The molecule has 2 aromatic carbocycles. The summed E-state index contributed by atoms with van der Waals surface area (Å²) in [6.45, 7) is 0.00352. The number of halogens is 3. The van der Waals surface area contributed by atoms with Crippen LogP contribution in [0.3, 0.4) is 0 Å². The van der Waals surface area contributed by atoms with Crippen LogP contribution in [-0.2, 0) is 12.7 Å². The Bertz CT molecular complexity index is 810. The number of hydrogen-bond acceptors (Lipinski definition) is 4. The molecular formula is C18H19F3N2O4. The van der Waals surface area contributed by atoms with Crippen molar-refractivity contribution in [2.45, 2.75) is 12.7 Å². The van der Waals surface area contributed by atoms with Crippen LogP contribution in [0.2, 0.25) is 0 Å². The number of rotatable bonds is 6. The van der Waals surface area contributed by atoms with Gasteiger partial charge in [-0.3, -0.25) is 0 Å². The second kappa shape index (κ2) is 8.52. The topological polar surface area (TPSA) is 68.8 Å². The van der Waals surface area contributed by atoms with Crippen LogP contribution in [0.25, 0.3) is 0 Å². The van der Waals surface area contributed by atoms with Gasteiger partial charge in [-0.25, -0.2) is 4.79 Å². The van der Waals surface area contributed by atoms with Gasteiger partial charge in [0.15, 0.2) is 11.5 Å². The van der Waals surface area contributed by atoms with Crippen molar-refractivity contribution in [2.75, 3.05) is 26.6 Å². The van der Waals surface area contributed by atoms with Crippen LogP contribution in [0.15, 0.2) is 36.4 Å². The Balaban J connectivity index is 2.13. The first-order chi connectivity index (χ1) is 12.8. The fourth-order valence-corrected chi connectivity index (χ4v) is 2.48. The highest BCUT2D eigenvalue weighted by atomic mass is 19.4. The van der Waals surface area contributed by atoms with Crippen molar-refractivity contribution in [1.29, 1.82) is 0 Å². The SMILES string of the molecule is COc1ccc(CNC(=O)Nc2ccccc2C(F)(F)F)c(OC)c1OC. The van der Waals surface area contributed by atoms with E-state index >= 15 is 0 Å².